The van der Waals surface area contributed by atoms with E-state index in [0.717, 1.165) is 11.3 Å². The number of nitrogens with one attached hydrogen (secondary N) is 1. The van der Waals surface area contributed by atoms with Crippen molar-refractivity contribution in [2.75, 3.05) is 7.05 Å². The molecule has 2 rings (SSSR count). The van der Waals surface area contributed by atoms with E-state index in [9.17, 15) is 0 Å². The van der Waals surface area contributed by atoms with Crippen molar-refractivity contribution < 1.29 is 0 Å². The molecule has 0 fully saturated rings. The average molecular weight is 238 g/mol. The lowest BCUT2D eigenvalue weighted by Gasteiger charge is -2.13. The van der Waals surface area contributed by atoms with Crippen molar-refractivity contribution in [3.8, 4) is 0 Å². The van der Waals surface area contributed by atoms with E-state index >= 15 is 0 Å². The molecular weight excluding hydrogens is 220 g/mol. The Kier molecular flexibility index (Phi) is 4.15. The Balaban J connectivity index is 2.25. The molecule has 0 amide bonds. The van der Waals surface area contributed by atoms with Crippen molar-refractivity contribution in [2.24, 2.45) is 5.73 Å². The summed E-state index contributed by atoms with van der Waals surface area (Å²) in [7, 11) is 1.94. The van der Waals surface area contributed by atoms with Gasteiger partial charge in [0.05, 0.1) is 6.04 Å². The lowest BCUT2D eigenvalue weighted by Crippen LogP contribution is -2.15. The summed E-state index contributed by atoms with van der Waals surface area (Å²) in [6.45, 7) is 0. The van der Waals surface area contributed by atoms with Gasteiger partial charge < -0.3 is 11.1 Å². The first kappa shape index (κ1) is 12.4. The molecule has 2 nitrogen and oxygen atoms in total. The molecular formula is C16H18N2. The van der Waals surface area contributed by atoms with Gasteiger partial charge in [-0.25, -0.2) is 0 Å². The van der Waals surface area contributed by atoms with Gasteiger partial charge in [0, 0.05) is 5.70 Å². The molecule has 0 heterocycles. The van der Waals surface area contributed by atoms with Crippen LogP contribution in [0.15, 0.2) is 66.7 Å². The zero-order valence-electron chi connectivity index (χ0n) is 10.5. The van der Waals surface area contributed by atoms with Crippen molar-refractivity contribution in [3.63, 3.8) is 0 Å². The quantitative estimate of drug-likeness (QED) is 0.859. The van der Waals surface area contributed by atoms with Crippen LogP contribution in [-0.2, 0) is 0 Å². The summed E-state index contributed by atoms with van der Waals surface area (Å²) in [5.74, 6) is 0. The van der Waals surface area contributed by atoms with Gasteiger partial charge in [0.25, 0.3) is 0 Å². The molecule has 0 saturated carbocycles. The smallest absolute Gasteiger partial charge is 0.0526 e. The van der Waals surface area contributed by atoms with E-state index in [1.54, 1.807) is 0 Å². The highest BCUT2D eigenvalue weighted by Gasteiger charge is 2.06. The minimum Gasteiger partial charge on any atom is -0.398 e. The number of nitrogens with two attached hydrogens (primary N) is 1. The van der Waals surface area contributed by atoms with E-state index in [0.29, 0.717) is 0 Å². The van der Waals surface area contributed by atoms with Crippen LogP contribution in [0.5, 0.6) is 0 Å². The van der Waals surface area contributed by atoms with Crippen LogP contribution in [0.25, 0.3) is 5.70 Å². The summed E-state index contributed by atoms with van der Waals surface area (Å²) in [4.78, 5) is 0. The van der Waals surface area contributed by atoms with E-state index in [1.165, 1.54) is 5.56 Å². The van der Waals surface area contributed by atoms with Crippen LogP contribution in [0, 0.1) is 0 Å². The van der Waals surface area contributed by atoms with E-state index < -0.39 is 0 Å². The van der Waals surface area contributed by atoms with Crippen LogP contribution in [-0.4, -0.2) is 7.05 Å². The van der Waals surface area contributed by atoms with Crippen molar-refractivity contribution >= 4 is 5.70 Å². The molecule has 0 aliphatic rings. The molecule has 0 saturated heterocycles. The number of benzene rings is 2. The molecule has 0 spiro atoms. The van der Waals surface area contributed by atoms with Crippen molar-refractivity contribution in [1.29, 1.82) is 0 Å². The van der Waals surface area contributed by atoms with Gasteiger partial charge in [0.1, 0.15) is 0 Å². The maximum atomic E-state index is 6.13. The van der Waals surface area contributed by atoms with Gasteiger partial charge >= 0.3 is 0 Å². The van der Waals surface area contributed by atoms with E-state index in [4.69, 9.17) is 5.73 Å². The third-order valence-corrected chi connectivity index (χ3v) is 2.92. The average Bonchev–Trinajstić information content (AvgIpc) is 2.46. The first-order valence-electron chi connectivity index (χ1n) is 6.06. The fourth-order valence-electron chi connectivity index (χ4n) is 1.91. The molecule has 2 aromatic rings. The molecule has 92 valence electrons. The summed E-state index contributed by atoms with van der Waals surface area (Å²) in [5, 5.41) is 3.26. The summed E-state index contributed by atoms with van der Waals surface area (Å²) in [6, 6.07) is 20.4. The predicted octanol–water partition coefficient (Wildman–Crippen LogP) is 2.95. The maximum Gasteiger partial charge on any atom is 0.0526 e. The Hall–Kier alpha value is -2.06. The topological polar surface area (TPSA) is 38.0 Å². The van der Waals surface area contributed by atoms with Gasteiger partial charge in [-0.2, -0.15) is 0 Å². The molecule has 2 aromatic carbocycles. The highest BCUT2D eigenvalue weighted by molar-refractivity contribution is 5.63. The Bertz CT molecular complexity index is 503. The fraction of sp³-hybridized carbons (Fsp3) is 0.125. The Morgan fingerprint density at radius 1 is 1.00 bits per heavy atom. The van der Waals surface area contributed by atoms with E-state index in [-0.39, 0.29) is 6.04 Å². The number of hydrogen-bond acceptors (Lipinski definition) is 2. The van der Waals surface area contributed by atoms with Crippen LogP contribution in [0.2, 0.25) is 0 Å². The monoisotopic (exact) mass is 238 g/mol. The minimum atomic E-state index is 0.131. The van der Waals surface area contributed by atoms with Gasteiger partial charge in [-0.3, -0.25) is 0 Å². The first-order valence-corrected chi connectivity index (χ1v) is 6.06. The van der Waals surface area contributed by atoms with Crippen molar-refractivity contribution in [2.45, 2.75) is 6.04 Å². The lowest BCUT2D eigenvalue weighted by molar-refractivity contribution is 0.715. The van der Waals surface area contributed by atoms with Gasteiger partial charge in [-0.1, -0.05) is 60.7 Å². The number of likely N-dealkylation sites (N-methyl/N-ethyl adjacent to an activating group) is 1. The van der Waals surface area contributed by atoms with Crippen molar-refractivity contribution in [3.05, 3.63) is 77.9 Å². The molecule has 0 aliphatic carbocycles. The molecule has 1 atom stereocenters. The normalized spacial score (nSPS) is 13.3. The Labute approximate surface area is 108 Å². The molecule has 2 heteroatoms. The van der Waals surface area contributed by atoms with Crippen LogP contribution in [0.1, 0.15) is 17.2 Å². The molecule has 0 aliphatic heterocycles. The van der Waals surface area contributed by atoms with Gasteiger partial charge in [-0.05, 0) is 24.3 Å². The molecule has 0 radical (unpaired) electrons. The largest absolute Gasteiger partial charge is 0.398 e. The zero-order valence-corrected chi connectivity index (χ0v) is 10.5. The third kappa shape index (κ3) is 2.99. The standard InChI is InChI=1S/C16H18N2/c1-18-16(14-10-6-3-7-11-14)12-15(17)13-8-4-2-5-9-13/h2-12,16,18H,17H2,1H3/b15-12-. The summed E-state index contributed by atoms with van der Waals surface area (Å²) in [5.41, 5.74) is 9.18. The third-order valence-electron chi connectivity index (χ3n) is 2.92. The van der Waals surface area contributed by atoms with Gasteiger partial charge in [-0.15, -0.1) is 0 Å². The van der Waals surface area contributed by atoms with Crippen LogP contribution >= 0.6 is 0 Å². The zero-order chi connectivity index (χ0) is 12.8. The maximum absolute atomic E-state index is 6.13. The minimum absolute atomic E-state index is 0.131. The highest BCUT2D eigenvalue weighted by Crippen LogP contribution is 2.17. The predicted molar refractivity (Wildman–Crippen MR) is 76.8 cm³/mol. The lowest BCUT2D eigenvalue weighted by atomic mass is 10.0. The molecule has 0 bridgehead atoms. The van der Waals surface area contributed by atoms with E-state index in [2.05, 4.69) is 17.4 Å². The number of hydrogen-bond donors (Lipinski definition) is 2. The van der Waals surface area contributed by atoms with E-state index in [1.807, 2.05) is 61.7 Å². The Morgan fingerprint density at radius 3 is 2.11 bits per heavy atom. The highest BCUT2D eigenvalue weighted by atomic mass is 14.9. The fourth-order valence-corrected chi connectivity index (χ4v) is 1.91. The molecule has 1 unspecified atom stereocenters. The second-order valence-corrected chi connectivity index (χ2v) is 4.17. The molecule has 18 heavy (non-hydrogen) atoms. The summed E-state index contributed by atoms with van der Waals surface area (Å²) in [6.07, 6.45) is 2.05. The Morgan fingerprint density at radius 2 is 1.56 bits per heavy atom. The van der Waals surface area contributed by atoms with Gasteiger partial charge in [0.2, 0.25) is 0 Å². The number of rotatable bonds is 4. The van der Waals surface area contributed by atoms with Crippen LogP contribution in [0.3, 0.4) is 0 Å². The van der Waals surface area contributed by atoms with Crippen LogP contribution in [0.4, 0.5) is 0 Å². The summed E-state index contributed by atoms with van der Waals surface area (Å²) < 4.78 is 0. The second kappa shape index (κ2) is 6.03. The van der Waals surface area contributed by atoms with Crippen molar-refractivity contribution in [1.82, 2.24) is 5.32 Å². The second-order valence-electron chi connectivity index (χ2n) is 4.17. The SMILES string of the molecule is CNC(/C=C(\N)c1ccccc1)c1ccccc1. The first-order chi connectivity index (χ1) is 8.81. The van der Waals surface area contributed by atoms with Crippen LogP contribution < -0.4 is 11.1 Å². The summed E-state index contributed by atoms with van der Waals surface area (Å²) >= 11 is 0. The molecule has 0 aromatic heterocycles. The van der Waals surface area contributed by atoms with Gasteiger partial charge in [0.15, 0.2) is 0 Å². The molecule has 3 N–H and O–H groups in total.